The Morgan fingerprint density at radius 1 is 1.10 bits per heavy atom. The molecule has 2 N–H and O–H groups in total. The highest BCUT2D eigenvalue weighted by atomic mass is 16.3. The van der Waals surface area contributed by atoms with Crippen molar-refractivity contribution in [2.45, 2.75) is 65.3 Å². The van der Waals surface area contributed by atoms with Crippen molar-refractivity contribution >= 4 is 0 Å². The van der Waals surface area contributed by atoms with Gasteiger partial charge in [-0.25, -0.2) is 0 Å². The maximum absolute atomic E-state index is 9.30. The maximum atomic E-state index is 9.30. The molecule has 3 heteroatoms. The van der Waals surface area contributed by atoms with Gasteiger partial charge in [0.15, 0.2) is 0 Å². The lowest BCUT2D eigenvalue weighted by Crippen LogP contribution is -2.51. The molecule has 0 amide bonds. The van der Waals surface area contributed by atoms with E-state index in [1.165, 1.54) is 51.7 Å². The van der Waals surface area contributed by atoms with E-state index in [9.17, 15) is 5.11 Å². The van der Waals surface area contributed by atoms with Crippen LogP contribution in [0.2, 0.25) is 0 Å². The monoisotopic (exact) mass is 296 g/mol. The summed E-state index contributed by atoms with van der Waals surface area (Å²) in [6.45, 7) is 12.0. The van der Waals surface area contributed by atoms with Crippen molar-refractivity contribution in [2.75, 3.05) is 32.8 Å². The number of nitrogens with zero attached hydrogens (tertiary/aromatic N) is 1. The predicted octanol–water partition coefficient (Wildman–Crippen LogP) is 2.89. The highest BCUT2D eigenvalue weighted by Gasteiger charge is 2.29. The van der Waals surface area contributed by atoms with Gasteiger partial charge in [-0.15, -0.1) is 0 Å². The van der Waals surface area contributed by atoms with Crippen molar-refractivity contribution in [3.63, 3.8) is 0 Å². The molecule has 1 aliphatic heterocycles. The van der Waals surface area contributed by atoms with E-state index in [2.05, 4.69) is 31.0 Å². The van der Waals surface area contributed by atoms with Gasteiger partial charge in [0.05, 0.1) is 0 Å². The Morgan fingerprint density at radius 3 is 2.43 bits per heavy atom. The fraction of sp³-hybridized carbons (Fsp3) is 1.00. The van der Waals surface area contributed by atoms with Crippen LogP contribution in [0.3, 0.4) is 0 Å². The average molecular weight is 296 g/mol. The van der Waals surface area contributed by atoms with Gasteiger partial charge < -0.3 is 15.3 Å². The van der Waals surface area contributed by atoms with Crippen LogP contribution in [0, 0.1) is 17.3 Å². The predicted molar refractivity (Wildman–Crippen MR) is 89.5 cm³/mol. The Balaban J connectivity index is 1.84. The molecule has 21 heavy (non-hydrogen) atoms. The van der Waals surface area contributed by atoms with Crippen LogP contribution in [0.5, 0.6) is 0 Å². The standard InChI is InChI=1S/C18H36N2O/c1-18(2,3)14-19-17-10-16(8-9-21)12-20(13-17)11-15-6-4-5-7-15/h15-17,19,21H,4-14H2,1-3H3. The lowest BCUT2D eigenvalue weighted by atomic mass is 9.89. The molecule has 2 fully saturated rings. The van der Waals surface area contributed by atoms with Gasteiger partial charge in [0.1, 0.15) is 0 Å². The fourth-order valence-corrected chi connectivity index (χ4v) is 4.00. The lowest BCUT2D eigenvalue weighted by molar-refractivity contribution is 0.103. The Morgan fingerprint density at radius 2 is 1.81 bits per heavy atom. The van der Waals surface area contributed by atoms with Gasteiger partial charge in [0, 0.05) is 38.8 Å². The fourth-order valence-electron chi connectivity index (χ4n) is 4.00. The molecule has 0 aromatic carbocycles. The summed E-state index contributed by atoms with van der Waals surface area (Å²) in [7, 11) is 0. The van der Waals surface area contributed by atoms with Gasteiger partial charge >= 0.3 is 0 Å². The minimum absolute atomic E-state index is 0.341. The van der Waals surface area contributed by atoms with Crippen LogP contribution in [0.4, 0.5) is 0 Å². The number of hydrogen-bond donors (Lipinski definition) is 2. The molecule has 2 aliphatic rings. The van der Waals surface area contributed by atoms with Gasteiger partial charge in [-0.1, -0.05) is 33.6 Å². The molecule has 2 rings (SSSR count). The molecular formula is C18H36N2O. The lowest BCUT2D eigenvalue weighted by Gasteiger charge is -2.40. The van der Waals surface area contributed by atoms with Crippen LogP contribution in [-0.2, 0) is 0 Å². The SMILES string of the molecule is CC(C)(C)CNC1CC(CCO)CN(CC2CCCC2)C1. The number of nitrogens with one attached hydrogen (secondary N) is 1. The Hall–Kier alpha value is -0.120. The summed E-state index contributed by atoms with van der Waals surface area (Å²) in [4.78, 5) is 2.68. The summed E-state index contributed by atoms with van der Waals surface area (Å²) in [5.74, 6) is 1.60. The smallest absolute Gasteiger partial charge is 0.0434 e. The summed E-state index contributed by atoms with van der Waals surface area (Å²) in [5, 5.41) is 13.1. The molecule has 1 aliphatic carbocycles. The number of aliphatic hydroxyl groups excluding tert-OH is 1. The zero-order valence-electron chi connectivity index (χ0n) is 14.4. The second kappa shape index (κ2) is 7.94. The van der Waals surface area contributed by atoms with Crippen molar-refractivity contribution in [1.29, 1.82) is 0 Å². The molecule has 0 aromatic rings. The molecule has 124 valence electrons. The number of aliphatic hydroxyl groups is 1. The van der Waals surface area contributed by atoms with E-state index in [1.54, 1.807) is 0 Å². The zero-order chi connectivity index (χ0) is 15.3. The first-order valence-corrected chi connectivity index (χ1v) is 9.03. The molecule has 2 unspecified atom stereocenters. The number of likely N-dealkylation sites (tertiary alicyclic amines) is 1. The quantitative estimate of drug-likeness (QED) is 0.791. The summed E-state index contributed by atoms with van der Waals surface area (Å²) >= 11 is 0. The first-order valence-electron chi connectivity index (χ1n) is 9.03. The number of hydrogen-bond acceptors (Lipinski definition) is 3. The van der Waals surface area contributed by atoms with E-state index in [1.807, 2.05) is 0 Å². The second-order valence-electron chi connectivity index (χ2n) is 8.62. The van der Waals surface area contributed by atoms with Crippen molar-refractivity contribution in [2.24, 2.45) is 17.3 Å². The molecule has 0 radical (unpaired) electrons. The van der Waals surface area contributed by atoms with Crippen molar-refractivity contribution in [3.05, 3.63) is 0 Å². The largest absolute Gasteiger partial charge is 0.396 e. The minimum atomic E-state index is 0.341. The maximum Gasteiger partial charge on any atom is 0.0434 e. The van der Waals surface area contributed by atoms with Gasteiger partial charge in [-0.05, 0) is 42.9 Å². The van der Waals surface area contributed by atoms with Crippen molar-refractivity contribution < 1.29 is 5.11 Å². The van der Waals surface area contributed by atoms with Crippen LogP contribution in [-0.4, -0.2) is 48.8 Å². The van der Waals surface area contributed by atoms with Crippen LogP contribution >= 0.6 is 0 Å². The Bertz CT molecular complexity index is 294. The van der Waals surface area contributed by atoms with Crippen molar-refractivity contribution in [3.8, 4) is 0 Å². The summed E-state index contributed by atoms with van der Waals surface area (Å²) in [5.41, 5.74) is 0.347. The Kier molecular flexibility index (Phi) is 6.51. The van der Waals surface area contributed by atoms with Gasteiger partial charge in [-0.3, -0.25) is 0 Å². The third-order valence-corrected chi connectivity index (χ3v) is 5.06. The van der Waals surface area contributed by atoms with Crippen LogP contribution in [0.1, 0.15) is 59.3 Å². The molecule has 0 aromatic heterocycles. The number of rotatable bonds is 6. The van der Waals surface area contributed by atoms with Gasteiger partial charge in [-0.2, -0.15) is 0 Å². The van der Waals surface area contributed by atoms with E-state index < -0.39 is 0 Å². The molecule has 1 saturated heterocycles. The van der Waals surface area contributed by atoms with E-state index in [-0.39, 0.29) is 0 Å². The van der Waals surface area contributed by atoms with E-state index in [4.69, 9.17) is 0 Å². The minimum Gasteiger partial charge on any atom is -0.396 e. The topological polar surface area (TPSA) is 35.5 Å². The van der Waals surface area contributed by atoms with Crippen LogP contribution < -0.4 is 5.32 Å². The molecule has 2 atom stereocenters. The third-order valence-electron chi connectivity index (χ3n) is 5.06. The summed E-state index contributed by atoms with van der Waals surface area (Å²) in [6.07, 6.45) is 7.93. The molecular weight excluding hydrogens is 260 g/mol. The first-order chi connectivity index (χ1) is 9.96. The van der Waals surface area contributed by atoms with Gasteiger partial charge in [0.2, 0.25) is 0 Å². The normalized spacial score (nSPS) is 29.1. The highest BCUT2D eigenvalue weighted by molar-refractivity contribution is 4.86. The van der Waals surface area contributed by atoms with E-state index >= 15 is 0 Å². The van der Waals surface area contributed by atoms with Crippen LogP contribution in [0.15, 0.2) is 0 Å². The zero-order valence-corrected chi connectivity index (χ0v) is 14.4. The van der Waals surface area contributed by atoms with E-state index in [0.29, 0.717) is 24.0 Å². The molecule has 0 spiro atoms. The second-order valence-corrected chi connectivity index (χ2v) is 8.62. The van der Waals surface area contributed by atoms with Gasteiger partial charge in [0.25, 0.3) is 0 Å². The van der Waals surface area contributed by atoms with E-state index in [0.717, 1.165) is 18.9 Å². The molecule has 0 bridgehead atoms. The Labute approximate surface area is 131 Å². The highest BCUT2D eigenvalue weighted by Crippen LogP contribution is 2.28. The van der Waals surface area contributed by atoms with Crippen molar-refractivity contribution in [1.82, 2.24) is 10.2 Å². The average Bonchev–Trinajstić information content (AvgIpc) is 2.89. The third kappa shape index (κ3) is 6.25. The molecule has 1 heterocycles. The first kappa shape index (κ1) is 17.2. The number of piperidine rings is 1. The molecule has 1 saturated carbocycles. The molecule has 3 nitrogen and oxygen atoms in total. The summed E-state index contributed by atoms with van der Waals surface area (Å²) < 4.78 is 0. The summed E-state index contributed by atoms with van der Waals surface area (Å²) in [6, 6.07) is 0.607. The van der Waals surface area contributed by atoms with Crippen LogP contribution in [0.25, 0.3) is 0 Å².